The van der Waals surface area contributed by atoms with E-state index in [1.54, 1.807) is 0 Å². The topological polar surface area (TPSA) is 3.24 Å². The molecule has 1 heteroatoms. The Morgan fingerprint density at radius 2 is 0.846 bits per heavy atom. The summed E-state index contributed by atoms with van der Waals surface area (Å²) < 4.78 is 0. The van der Waals surface area contributed by atoms with Gasteiger partial charge in [-0.05, 0) is 90.7 Å². The van der Waals surface area contributed by atoms with Gasteiger partial charge in [-0.3, -0.25) is 0 Å². The predicted molar refractivity (Wildman–Crippen MR) is 218 cm³/mol. The average molecular weight is 660 g/mol. The van der Waals surface area contributed by atoms with Gasteiger partial charge in [0.05, 0.1) is 16.8 Å². The molecule has 0 fully saturated rings. The van der Waals surface area contributed by atoms with Crippen molar-refractivity contribution in [2.24, 2.45) is 0 Å². The third-order valence-corrected chi connectivity index (χ3v) is 11.5. The second-order valence-electron chi connectivity index (χ2n) is 14.0. The van der Waals surface area contributed by atoms with Gasteiger partial charge in [0.15, 0.2) is 0 Å². The van der Waals surface area contributed by atoms with Gasteiger partial charge in [0.25, 0.3) is 0 Å². The third-order valence-electron chi connectivity index (χ3n) is 11.5. The van der Waals surface area contributed by atoms with Crippen LogP contribution in [0.5, 0.6) is 0 Å². The molecular formula is C51H33N. The quantitative estimate of drug-likeness (QED) is 0.178. The summed E-state index contributed by atoms with van der Waals surface area (Å²) in [6.07, 6.45) is 0. The molecule has 1 atom stereocenters. The van der Waals surface area contributed by atoms with Crippen molar-refractivity contribution in [3.8, 4) is 33.4 Å². The van der Waals surface area contributed by atoms with Gasteiger partial charge < -0.3 is 4.90 Å². The summed E-state index contributed by atoms with van der Waals surface area (Å²) >= 11 is 0. The molecule has 0 radical (unpaired) electrons. The third kappa shape index (κ3) is 3.88. The summed E-state index contributed by atoms with van der Waals surface area (Å²) in [6.45, 7) is 0. The van der Waals surface area contributed by atoms with Crippen molar-refractivity contribution in [3.63, 3.8) is 0 Å². The number of rotatable bonds is 5. The maximum absolute atomic E-state index is 2.48. The van der Waals surface area contributed by atoms with E-state index in [1.165, 1.54) is 82.9 Å². The van der Waals surface area contributed by atoms with Crippen LogP contribution in [0.1, 0.15) is 22.3 Å². The highest BCUT2D eigenvalue weighted by Gasteiger charge is 2.50. The number of anilines is 3. The minimum absolute atomic E-state index is 0.434. The van der Waals surface area contributed by atoms with E-state index in [9.17, 15) is 0 Å². The molecule has 1 unspecified atom stereocenters. The van der Waals surface area contributed by atoms with Crippen molar-refractivity contribution in [1.29, 1.82) is 0 Å². The number of benzene rings is 9. The van der Waals surface area contributed by atoms with Crippen molar-refractivity contribution in [3.05, 3.63) is 222 Å². The van der Waals surface area contributed by atoms with Crippen molar-refractivity contribution >= 4 is 38.6 Å². The number of hydrogen-bond donors (Lipinski definition) is 0. The van der Waals surface area contributed by atoms with Crippen LogP contribution in [-0.2, 0) is 5.41 Å². The van der Waals surface area contributed by atoms with Crippen LogP contribution >= 0.6 is 0 Å². The lowest BCUT2D eigenvalue weighted by atomic mass is 9.62. The first-order valence-electron chi connectivity index (χ1n) is 18.1. The van der Waals surface area contributed by atoms with Crippen molar-refractivity contribution in [2.45, 2.75) is 5.41 Å². The van der Waals surface area contributed by atoms with Crippen LogP contribution in [0.4, 0.5) is 17.1 Å². The normalized spacial score (nSPS) is 15.0. The minimum atomic E-state index is -0.434. The van der Waals surface area contributed by atoms with Gasteiger partial charge in [0.1, 0.15) is 0 Å². The molecule has 0 N–H and O–H groups in total. The highest BCUT2D eigenvalue weighted by atomic mass is 15.1. The van der Waals surface area contributed by atoms with Crippen LogP contribution in [-0.4, -0.2) is 0 Å². The average Bonchev–Trinajstić information content (AvgIpc) is 3.54. The predicted octanol–water partition coefficient (Wildman–Crippen LogP) is 13.5. The van der Waals surface area contributed by atoms with E-state index in [0.29, 0.717) is 0 Å². The molecule has 2 aliphatic rings. The van der Waals surface area contributed by atoms with Gasteiger partial charge in [0, 0.05) is 16.5 Å². The standard InChI is InChI=1S/C51H33N/c1-4-16-34(17-5-1)37-30-32-47(41-25-11-10-22-38(37)41)52(36-20-8-3-9-21-36)48-33-31-42-39-23-12-14-26-45(39)51(35-18-6-2-7-19-35)46-27-15-13-24-40(46)43-28-29-44(48)49(42)50(43)51/h1-33H. The van der Waals surface area contributed by atoms with Gasteiger partial charge in [-0.1, -0.05) is 176 Å². The van der Waals surface area contributed by atoms with Crippen molar-refractivity contribution in [1.82, 2.24) is 0 Å². The Labute approximate surface area is 303 Å². The summed E-state index contributed by atoms with van der Waals surface area (Å²) in [6, 6.07) is 73.9. The number of nitrogens with zero attached hydrogens (tertiary/aromatic N) is 1. The molecule has 0 amide bonds. The van der Waals surface area contributed by atoms with Gasteiger partial charge in [0.2, 0.25) is 0 Å². The molecule has 0 bridgehead atoms. The maximum Gasteiger partial charge on any atom is 0.0725 e. The SMILES string of the molecule is c1ccc(-c2ccc(N(c3ccccc3)c3ccc4c5c6c(ccc35)-c3ccccc3C6(c3ccccc3)c3ccccc3-4)c3ccccc23)cc1. The number of para-hydroxylation sites is 1. The first-order valence-corrected chi connectivity index (χ1v) is 18.1. The zero-order valence-corrected chi connectivity index (χ0v) is 28.5. The van der Waals surface area contributed by atoms with Crippen LogP contribution in [0.2, 0.25) is 0 Å². The first kappa shape index (κ1) is 29.1. The molecule has 0 saturated carbocycles. The fourth-order valence-corrected chi connectivity index (χ4v) is 9.45. The van der Waals surface area contributed by atoms with Gasteiger partial charge in [-0.15, -0.1) is 0 Å². The zero-order chi connectivity index (χ0) is 34.2. The van der Waals surface area contributed by atoms with Crippen LogP contribution < -0.4 is 4.90 Å². The molecule has 9 aromatic carbocycles. The fraction of sp³-hybridized carbons (Fsp3) is 0.0196. The van der Waals surface area contributed by atoms with Crippen molar-refractivity contribution < 1.29 is 0 Å². The van der Waals surface area contributed by atoms with Crippen LogP contribution in [0.15, 0.2) is 200 Å². The molecule has 242 valence electrons. The summed E-state index contributed by atoms with van der Waals surface area (Å²) in [5.74, 6) is 0. The summed E-state index contributed by atoms with van der Waals surface area (Å²) in [5.41, 5.74) is 16.1. The van der Waals surface area contributed by atoms with E-state index in [1.807, 2.05) is 0 Å². The molecule has 9 aromatic rings. The molecule has 0 aromatic heterocycles. The molecule has 0 heterocycles. The Hall–Kier alpha value is -6.70. The lowest BCUT2D eigenvalue weighted by Gasteiger charge is -2.40. The molecule has 0 spiro atoms. The van der Waals surface area contributed by atoms with E-state index in [2.05, 4.69) is 205 Å². The highest BCUT2D eigenvalue weighted by molar-refractivity contribution is 6.16. The van der Waals surface area contributed by atoms with Crippen LogP contribution in [0.25, 0.3) is 54.9 Å². The smallest absolute Gasteiger partial charge is 0.0725 e. The Morgan fingerprint density at radius 3 is 1.56 bits per heavy atom. The van der Waals surface area contributed by atoms with Crippen LogP contribution in [0.3, 0.4) is 0 Å². The first-order chi connectivity index (χ1) is 25.8. The molecule has 52 heavy (non-hydrogen) atoms. The van der Waals surface area contributed by atoms with E-state index in [4.69, 9.17) is 0 Å². The molecular weight excluding hydrogens is 627 g/mol. The zero-order valence-electron chi connectivity index (χ0n) is 28.5. The maximum atomic E-state index is 2.48. The Balaban J connectivity index is 1.26. The minimum Gasteiger partial charge on any atom is -0.309 e. The second-order valence-corrected chi connectivity index (χ2v) is 14.0. The molecule has 2 aliphatic carbocycles. The van der Waals surface area contributed by atoms with E-state index >= 15 is 0 Å². The monoisotopic (exact) mass is 659 g/mol. The summed E-state index contributed by atoms with van der Waals surface area (Å²) in [7, 11) is 0. The largest absolute Gasteiger partial charge is 0.309 e. The van der Waals surface area contributed by atoms with Gasteiger partial charge in [-0.2, -0.15) is 0 Å². The molecule has 0 aliphatic heterocycles. The fourth-order valence-electron chi connectivity index (χ4n) is 9.45. The van der Waals surface area contributed by atoms with Gasteiger partial charge in [-0.25, -0.2) is 0 Å². The number of fused-ring (bicyclic) bond motifs is 7. The number of hydrogen-bond acceptors (Lipinski definition) is 1. The Kier molecular flexibility index (Phi) is 6.23. The second kappa shape index (κ2) is 11.2. The van der Waals surface area contributed by atoms with E-state index in [0.717, 1.165) is 11.4 Å². The van der Waals surface area contributed by atoms with Crippen LogP contribution in [0, 0.1) is 0 Å². The Morgan fingerprint density at radius 1 is 0.327 bits per heavy atom. The molecule has 11 rings (SSSR count). The lowest BCUT2D eigenvalue weighted by Crippen LogP contribution is -2.31. The molecule has 0 saturated heterocycles. The highest BCUT2D eigenvalue weighted by Crippen LogP contribution is 2.64. The summed E-state index contributed by atoms with van der Waals surface area (Å²) in [5, 5.41) is 5.04. The van der Waals surface area contributed by atoms with E-state index < -0.39 is 5.41 Å². The summed E-state index contributed by atoms with van der Waals surface area (Å²) in [4.78, 5) is 2.48. The molecule has 1 nitrogen and oxygen atoms in total. The Bertz CT molecular complexity index is 2840. The van der Waals surface area contributed by atoms with E-state index in [-0.39, 0.29) is 0 Å². The van der Waals surface area contributed by atoms with Crippen molar-refractivity contribution in [2.75, 3.05) is 4.90 Å². The lowest BCUT2D eigenvalue weighted by molar-refractivity contribution is 0.773. The van der Waals surface area contributed by atoms with Gasteiger partial charge >= 0.3 is 0 Å².